The zero-order chi connectivity index (χ0) is 21.6. The van der Waals surface area contributed by atoms with Crippen LogP contribution in [0, 0.1) is 6.57 Å². The van der Waals surface area contributed by atoms with Crippen LogP contribution in [0.5, 0.6) is 5.19 Å². The van der Waals surface area contributed by atoms with Gasteiger partial charge in [-0.1, -0.05) is 35.4 Å². The lowest BCUT2D eigenvalue weighted by atomic mass is 10.2. The third kappa shape index (κ3) is 5.27. The molecule has 3 heterocycles. The largest absolute Gasteiger partial charge is 0.464 e. The summed E-state index contributed by atoms with van der Waals surface area (Å²) >= 11 is 7.00. The normalized spacial score (nSPS) is 13.5. The number of morpholine rings is 1. The molecule has 2 aromatic heterocycles. The predicted molar refractivity (Wildman–Crippen MR) is 117 cm³/mol. The molecule has 0 radical (unpaired) electrons. The quantitative estimate of drug-likeness (QED) is 0.563. The van der Waals surface area contributed by atoms with Gasteiger partial charge in [-0.3, -0.25) is 10.1 Å². The van der Waals surface area contributed by atoms with Crippen molar-refractivity contribution in [3.63, 3.8) is 0 Å². The summed E-state index contributed by atoms with van der Waals surface area (Å²) in [6.07, 6.45) is 1.41. The summed E-state index contributed by atoms with van der Waals surface area (Å²) in [5.74, 6) is -0.155. The first-order valence-electron chi connectivity index (χ1n) is 9.34. The van der Waals surface area contributed by atoms with Crippen molar-refractivity contribution in [2.24, 2.45) is 0 Å². The van der Waals surface area contributed by atoms with Crippen LogP contribution in [0.4, 0.5) is 16.6 Å². The fourth-order valence-corrected chi connectivity index (χ4v) is 3.66. The average Bonchev–Trinajstić information content (AvgIpc) is 3.26. The Balaban J connectivity index is 1.45. The second kappa shape index (κ2) is 9.70. The Morgan fingerprint density at radius 1 is 1.29 bits per heavy atom. The lowest BCUT2D eigenvalue weighted by molar-refractivity contribution is 0.102. The molecule has 1 saturated heterocycles. The number of aromatic nitrogens is 3. The van der Waals surface area contributed by atoms with E-state index in [1.54, 1.807) is 18.2 Å². The molecule has 0 saturated carbocycles. The van der Waals surface area contributed by atoms with E-state index in [9.17, 15) is 4.79 Å². The zero-order valence-corrected chi connectivity index (χ0v) is 17.8. The Morgan fingerprint density at radius 3 is 2.81 bits per heavy atom. The summed E-state index contributed by atoms with van der Waals surface area (Å²) in [6, 6.07) is 8.91. The average molecular weight is 457 g/mol. The van der Waals surface area contributed by atoms with Crippen molar-refractivity contribution < 1.29 is 14.3 Å². The van der Waals surface area contributed by atoms with Crippen LogP contribution in [0.2, 0.25) is 5.02 Å². The lowest BCUT2D eigenvalue weighted by Crippen LogP contribution is -2.37. The van der Waals surface area contributed by atoms with Gasteiger partial charge in [-0.2, -0.15) is 0 Å². The van der Waals surface area contributed by atoms with Crippen LogP contribution >= 0.6 is 22.9 Å². The van der Waals surface area contributed by atoms with Crippen LogP contribution in [0.25, 0.3) is 4.85 Å². The third-order valence-electron chi connectivity index (χ3n) is 4.48. The van der Waals surface area contributed by atoms with Gasteiger partial charge in [0.25, 0.3) is 16.9 Å². The number of carbonyl (C=O) groups is 1. The molecular formula is C20H17ClN6O3S. The van der Waals surface area contributed by atoms with Gasteiger partial charge in [0.1, 0.15) is 18.4 Å². The number of carbonyl (C=O) groups excluding carboxylic acids is 1. The van der Waals surface area contributed by atoms with Crippen molar-refractivity contribution in [1.82, 2.24) is 15.2 Å². The van der Waals surface area contributed by atoms with Crippen LogP contribution < -0.4 is 15.0 Å². The van der Waals surface area contributed by atoms with Crippen LogP contribution in [-0.4, -0.2) is 47.4 Å². The van der Waals surface area contributed by atoms with E-state index in [-0.39, 0.29) is 11.7 Å². The van der Waals surface area contributed by atoms with Gasteiger partial charge in [0.15, 0.2) is 0 Å². The Kier molecular flexibility index (Phi) is 6.57. The molecule has 9 nitrogen and oxygen atoms in total. The number of ether oxygens (including phenoxy) is 2. The first kappa shape index (κ1) is 21.0. The highest BCUT2D eigenvalue weighted by atomic mass is 35.5. The number of anilines is 2. The second-order valence-corrected chi connectivity index (χ2v) is 7.89. The summed E-state index contributed by atoms with van der Waals surface area (Å²) in [5.41, 5.74) is 1.94. The number of amides is 1. The number of hydrogen-bond acceptors (Lipinski definition) is 8. The molecule has 1 aliphatic heterocycles. The number of hydrogen-bond donors (Lipinski definition) is 1. The molecule has 158 valence electrons. The number of halogens is 1. The van der Waals surface area contributed by atoms with Crippen molar-refractivity contribution in [2.45, 2.75) is 6.61 Å². The van der Waals surface area contributed by atoms with Gasteiger partial charge >= 0.3 is 0 Å². The minimum Gasteiger partial charge on any atom is -0.464 e. The molecule has 1 aromatic carbocycles. The van der Waals surface area contributed by atoms with Gasteiger partial charge in [0.2, 0.25) is 5.13 Å². The smallest absolute Gasteiger partial charge is 0.296 e. The Hall–Kier alpha value is -3.26. The first-order valence-corrected chi connectivity index (χ1v) is 10.5. The summed E-state index contributed by atoms with van der Waals surface area (Å²) in [7, 11) is 0. The van der Waals surface area contributed by atoms with Gasteiger partial charge in [0, 0.05) is 23.8 Å². The van der Waals surface area contributed by atoms with Gasteiger partial charge in [-0.15, -0.1) is 10.1 Å². The number of rotatable bonds is 6. The van der Waals surface area contributed by atoms with Crippen LogP contribution in [0.1, 0.15) is 15.9 Å². The Morgan fingerprint density at radius 2 is 2.06 bits per heavy atom. The molecule has 0 spiro atoms. The molecule has 1 fully saturated rings. The maximum atomic E-state index is 12.9. The van der Waals surface area contributed by atoms with Crippen LogP contribution in [0.15, 0.2) is 36.5 Å². The Bertz CT molecular complexity index is 1110. The summed E-state index contributed by atoms with van der Waals surface area (Å²) in [4.78, 5) is 22.3. The molecule has 4 rings (SSSR count). The molecule has 0 aliphatic carbocycles. The SMILES string of the molecule is [C-]#[N+]c1cc(N2CCOCC2)c(C(=O)Nc2nnc(OCc3ccc(Cl)cc3)s2)cn1. The topological polar surface area (TPSA) is 93.8 Å². The van der Waals surface area contributed by atoms with Crippen molar-refractivity contribution in [1.29, 1.82) is 0 Å². The molecule has 0 unspecified atom stereocenters. The molecule has 11 heteroatoms. The third-order valence-corrected chi connectivity index (χ3v) is 5.48. The van der Waals surface area contributed by atoms with Gasteiger partial charge in [-0.05, 0) is 35.1 Å². The maximum Gasteiger partial charge on any atom is 0.296 e. The van der Waals surface area contributed by atoms with Crippen LogP contribution in [-0.2, 0) is 11.3 Å². The monoisotopic (exact) mass is 456 g/mol. The van der Waals surface area contributed by atoms with E-state index >= 15 is 0 Å². The van der Waals surface area contributed by atoms with Crippen LogP contribution in [0.3, 0.4) is 0 Å². The molecular weight excluding hydrogens is 440 g/mol. The molecule has 1 amide bonds. The molecule has 3 aromatic rings. The second-order valence-electron chi connectivity index (χ2n) is 6.51. The molecule has 0 bridgehead atoms. The van der Waals surface area contributed by atoms with E-state index in [2.05, 4.69) is 25.3 Å². The summed E-state index contributed by atoms with van der Waals surface area (Å²) in [5, 5.41) is 12.0. The minimum absolute atomic E-state index is 0.229. The number of nitrogens with zero attached hydrogens (tertiary/aromatic N) is 5. The maximum absolute atomic E-state index is 12.9. The van der Waals surface area contributed by atoms with E-state index in [1.807, 2.05) is 17.0 Å². The number of pyridine rings is 1. The summed E-state index contributed by atoms with van der Waals surface area (Å²) in [6.45, 7) is 9.89. The van der Waals surface area contributed by atoms with E-state index < -0.39 is 0 Å². The predicted octanol–water partition coefficient (Wildman–Crippen LogP) is 3.81. The highest BCUT2D eigenvalue weighted by Crippen LogP contribution is 2.28. The lowest BCUT2D eigenvalue weighted by Gasteiger charge is -2.30. The first-order chi connectivity index (χ1) is 15.1. The fourth-order valence-electron chi connectivity index (χ4n) is 2.94. The van der Waals surface area contributed by atoms with E-state index in [1.165, 1.54) is 6.20 Å². The zero-order valence-electron chi connectivity index (χ0n) is 16.2. The number of benzene rings is 1. The van der Waals surface area contributed by atoms with Gasteiger partial charge in [0.05, 0.1) is 13.2 Å². The van der Waals surface area contributed by atoms with Crippen molar-refractivity contribution in [3.8, 4) is 5.19 Å². The van der Waals surface area contributed by atoms with Crippen molar-refractivity contribution in [3.05, 3.63) is 64.1 Å². The number of nitrogens with one attached hydrogen (secondary N) is 1. The van der Waals surface area contributed by atoms with E-state index in [4.69, 9.17) is 27.6 Å². The minimum atomic E-state index is -0.383. The summed E-state index contributed by atoms with van der Waals surface area (Å²) < 4.78 is 11.0. The standard InChI is InChI=1S/C20H17ClN6O3S/c1-22-17-10-16(27-6-8-29-9-7-27)15(11-23-17)18(28)24-19-25-26-20(31-19)30-12-13-2-4-14(21)5-3-13/h2-5,10-11H,6-9,12H2,(H,24,25,28). The van der Waals surface area contributed by atoms with Crippen molar-refractivity contribution >= 4 is 45.5 Å². The van der Waals surface area contributed by atoms with E-state index in [0.717, 1.165) is 16.9 Å². The van der Waals surface area contributed by atoms with E-state index in [0.29, 0.717) is 59.5 Å². The molecule has 0 atom stereocenters. The molecule has 1 aliphatic rings. The van der Waals surface area contributed by atoms with Crippen molar-refractivity contribution in [2.75, 3.05) is 36.5 Å². The molecule has 1 N–H and O–H groups in total. The highest BCUT2D eigenvalue weighted by Gasteiger charge is 2.22. The van der Waals surface area contributed by atoms with Gasteiger partial charge in [-0.25, -0.2) is 0 Å². The van der Waals surface area contributed by atoms with Gasteiger partial charge < -0.3 is 19.2 Å². The molecule has 31 heavy (non-hydrogen) atoms. The Labute approximate surface area is 187 Å². The fraction of sp³-hybridized carbons (Fsp3) is 0.250. The highest BCUT2D eigenvalue weighted by molar-refractivity contribution is 7.17.